The normalized spacial score (nSPS) is 21.2. The summed E-state index contributed by atoms with van der Waals surface area (Å²) < 4.78 is 27.3. The van der Waals surface area contributed by atoms with Crippen molar-refractivity contribution in [1.29, 1.82) is 0 Å². The van der Waals surface area contributed by atoms with Gasteiger partial charge in [-0.25, -0.2) is 8.78 Å². The van der Waals surface area contributed by atoms with E-state index < -0.39 is 16.9 Å². The van der Waals surface area contributed by atoms with Crippen molar-refractivity contribution in [2.45, 2.75) is 29.5 Å². The predicted molar refractivity (Wildman–Crippen MR) is 100.0 cm³/mol. The number of benzene rings is 2. The molecule has 3 rings (SSSR count). The van der Waals surface area contributed by atoms with E-state index >= 15 is 0 Å². The van der Waals surface area contributed by atoms with Gasteiger partial charge in [0.05, 0.1) is 0 Å². The van der Waals surface area contributed by atoms with Crippen molar-refractivity contribution in [3.05, 3.63) is 65.7 Å². The van der Waals surface area contributed by atoms with Crippen molar-refractivity contribution in [3.63, 3.8) is 0 Å². The van der Waals surface area contributed by atoms with Crippen molar-refractivity contribution in [1.82, 2.24) is 10.6 Å². The van der Waals surface area contributed by atoms with Crippen molar-refractivity contribution >= 4 is 17.7 Å². The summed E-state index contributed by atoms with van der Waals surface area (Å²) in [6.07, 6.45) is 0.865. The molecule has 1 saturated heterocycles. The van der Waals surface area contributed by atoms with Crippen LogP contribution in [0.2, 0.25) is 0 Å². The molecule has 1 amide bonds. The van der Waals surface area contributed by atoms with Crippen LogP contribution in [-0.2, 0) is 4.79 Å². The van der Waals surface area contributed by atoms with Crippen LogP contribution in [0.5, 0.6) is 0 Å². The number of piperidine rings is 1. The SMILES string of the molecule is CC1CNCCC1NC(=O)C(Sc1ccc(F)cc1F)c1ccccc1. The van der Waals surface area contributed by atoms with E-state index in [4.69, 9.17) is 0 Å². The number of carbonyl (C=O) groups excluding carboxylic acids is 1. The van der Waals surface area contributed by atoms with Gasteiger partial charge in [0.2, 0.25) is 5.91 Å². The first-order chi connectivity index (χ1) is 12.5. The minimum absolute atomic E-state index is 0.0913. The van der Waals surface area contributed by atoms with Gasteiger partial charge in [-0.1, -0.05) is 37.3 Å². The highest BCUT2D eigenvalue weighted by molar-refractivity contribution is 8.00. The summed E-state index contributed by atoms with van der Waals surface area (Å²) >= 11 is 1.11. The van der Waals surface area contributed by atoms with Gasteiger partial charge in [0.15, 0.2) is 0 Å². The third-order valence-electron chi connectivity index (χ3n) is 4.59. The molecule has 0 bridgehead atoms. The quantitative estimate of drug-likeness (QED) is 0.778. The van der Waals surface area contributed by atoms with Crippen LogP contribution in [0.25, 0.3) is 0 Å². The number of rotatable bonds is 5. The number of hydrogen-bond donors (Lipinski definition) is 2. The van der Waals surface area contributed by atoms with Crippen LogP contribution in [-0.4, -0.2) is 25.0 Å². The monoisotopic (exact) mass is 376 g/mol. The Hall–Kier alpha value is -1.92. The highest BCUT2D eigenvalue weighted by Crippen LogP contribution is 2.37. The molecule has 1 aliphatic heterocycles. The second kappa shape index (κ2) is 8.64. The summed E-state index contributed by atoms with van der Waals surface area (Å²) in [5.74, 6) is -1.10. The maximum Gasteiger partial charge on any atom is 0.238 e. The van der Waals surface area contributed by atoms with E-state index in [2.05, 4.69) is 17.6 Å². The van der Waals surface area contributed by atoms with Gasteiger partial charge in [0.25, 0.3) is 0 Å². The molecule has 0 spiro atoms. The highest BCUT2D eigenvalue weighted by atomic mass is 32.2. The summed E-state index contributed by atoms with van der Waals surface area (Å²) in [6.45, 7) is 3.83. The van der Waals surface area contributed by atoms with Crippen LogP contribution in [0, 0.1) is 17.6 Å². The van der Waals surface area contributed by atoms with Crippen molar-refractivity contribution in [2.75, 3.05) is 13.1 Å². The van der Waals surface area contributed by atoms with Gasteiger partial charge in [-0.15, -0.1) is 11.8 Å². The van der Waals surface area contributed by atoms with E-state index in [1.807, 2.05) is 30.3 Å². The third-order valence-corrected chi connectivity index (χ3v) is 5.90. The minimum atomic E-state index is -0.654. The van der Waals surface area contributed by atoms with Gasteiger partial charge in [0, 0.05) is 17.0 Å². The molecule has 138 valence electrons. The molecule has 3 nitrogen and oxygen atoms in total. The maximum atomic E-state index is 14.1. The van der Waals surface area contributed by atoms with Gasteiger partial charge < -0.3 is 10.6 Å². The smallest absolute Gasteiger partial charge is 0.238 e. The predicted octanol–water partition coefficient (Wildman–Crippen LogP) is 3.91. The van der Waals surface area contributed by atoms with Crippen LogP contribution in [0.1, 0.15) is 24.2 Å². The third kappa shape index (κ3) is 4.62. The second-order valence-corrected chi connectivity index (χ2v) is 7.72. The maximum absolute atomic E-state index is 14.1. The highest BCUT2D eigenvalue weighted by Gasteiger charge is 2.28. The summed E-state index contributed by atoms with van der Waals surface area (Å²) in [7, 11) is 0. The molecule has 2 aromatic carbocycles. The zero-order valence-corrected chi connectivity index (χ0v) is 15.4. The van der Waals surface area contributed by atoms with Crippen LogP contribution in [0.15, 0.2) is 53.4 Å². The number of carbonyl (C=O) groups is 1. The molecule has 2 aromatic rings. The number of hydrogen-bond acceptors (Lipinski definition) is 3. The fraction of sp³-hybridized carbons (Fsp3) is 0.350. The first-order valence-electron chi connectivity index (χ1n) is 8.72. The van der Waals surface area contributed by atoms with Gasteiger partial charge in [-0.05, 0) is 43.1 Å². The Morgan fingerprint density at radius 2 is 2.00 bits per heavy atom. The molecule has 3 atom stereocenters. The number of nitrogens with one attached hydrogen (secondary N) is 2. The molecule has 1 aliphatic rings. The van der Waals surface area contributed by atoms with E-state index in [1.54, 1.807) is 0 Å². The first-order valence-corrected chi connectivity index (χ1v) is 9.60. The standard InChI is InChI=1S/C20H22F2N2OS/c1-13-12-23-10-9-17(13)24-20(25)19(14-5-3-2-4-6-14)26-18-8-7-15(21)11-16(18)22/h2-8,11,13,17,19,23H,9-10,12H2,1H3,(H,24,25). The summed E-state index contributed by atoms with van der Waals surface area (Å²) in [6, 6.07) is 12.8. The lowest BCUT2D eigenvalue weighted by Gasteiger charge is -2.31. The number of halogens is 2. The van der Waals surface area contributed by atoms with Crippen molar-refractivity contribution in [2.24, 2.45) is 5.92 Å². The molecule has 1 heterocycles. The average Bonchev–Trinajstić information content (AvgIpc) is 2.63. The van der Waals surface area contributed by atoms with Crippen LogP contribution in [0.3, 0.4) is 0 Å². The molecule has 1 fully saturated rings. The van der Waals surface area contributed by atoms with E-state index in [0.717, 1.165) is 42.9 Å². The second-order valence-electron chi connectivity index (χ2n) is 6.57. The Kier molecular flexibility index (Phi) is 6.27. The zero-order chi connectivity index (χ0) is 18.5. The summed E-state index contributed by atoms with van der Waals surface area (Å²) in [4.78, 5) is 13.2. The van der Waals surface area contributed by atoms with Crippen LogP contribution < -0.4 is 10.6 Å². The van der Waals surface area contributed by atoms with E-state index in [1.165, 1.54) is 12.1 Å². The molecule has 0 saturated carbocycles. The lowest BCUT2D eigenvalue weighted by molar-refractivity contribution is -0.121. The zero-order valence-electron chi connectivity index (χ0n) is 14.5. The molecular weight excluding hydrogens is 354 g/mol. The van der Waals surface area contributed by atoms with E-state index in [0.29, 0.717) is 5.92 Å². The molecule has 3 unspecified atom stereocenters. The lowest BCUT2D eigenvalue weighted by Crippen LogP contribution is -2.49. The van der Waals surface area contributed by atoms with E-state index in [9.17, 15) is 13.6 Å². The lowest BCUT2D eigenvalue weighted by atomic mass is 9.95. The molecular formula is C20H22F2N2OS. The Morgan fingerprint density at radius 3 is 2.69 bits per heavy atom. The van der Waals surface area contributed by atoms with Crippen molar-refractivity contribution < 1.29 is 13.6 Å². The fourth-order valence-corrected chi connectivity index (χ4v) is 4.13. The van der Waals surface area contributed by atoms with Crippen LogP contribution in [0.4, 0.5) is 8.78 Å². The molecule has 0 radical (unpaired) electrons. The summed E-state index contributed by atoms with van der Waals surface area (Å²) in [5.41, 5.74) is 0.792. The Balaban J connectivity index is 1.82. The Labute approximate surface area is 156 Å². The number of amides is 1. The Morgan fingerprint density at radius 1 is 1.23 bits per heavy atom. The minimum Gasteiger partial charge on any atom is -0.352 e. The average molecular weight is 376 g/mol. The topological polar surface area (TPSA) is 41.1 Å². The van der Waals surface area contributed by atoms with E-state index in [-0.39, 0.29) is 16.8 Å². The van der Waals surface area contributed by atoms with Gasteiger partial charge >= 0.3 is 0 Å². The summed E-state index contributed by atoms with van der Waals surface area (Å²) in [5, 5.41) is 5.83. The van der Waals surface area contributed by atoms with Crippen molar-refractivity contribution in [3.8, 4) is 0 Å². The molecule has 0 aliphatic carbocycles. The molecule has 0 aromatic heterocycles. The molecule has 2 N–H and O–H groups in total. The largest absolute Gasteiger partial charge is 0.352 e. The number of thioether (sulfide) groups is 1. The first kappa shape index (κ1) is 18.9. The fourth-order valence-electron chi connectivity index (χ4n) is 3.09. The molecule has 6 heteroatoms. The van der Waals surface area contributed by atoms with Gasteiger partial charge in [-0.3, -0.25) is 4.79 Å². The Bertz CT molecular complexity index is 757. The molecule has 26 heavy (non-hydrogen) atoms. The van der Waals surface area contributed by atoms with Crippen LogP contribution >= 0.6 is 11.8 Å². The van der Waals surface area contributed by atoms with Gasteiger partial charge in [-0.2, -0.15) is 0 Å². The van der Waals surface area contributed by atoms with Gasteiger partial charge in [0.1, 0.15) is 16.9 Å².